The number of nitrogens with zero attached hydrogens (tertiary/aromatic N) is 3. The van der Waals surface area contributed by atoms with Crippen LogP contribution in [0.4, 0.5) is 13.2 Å². The summed E-state index contributed by atoms with van der Waals surface area (Å²) in [5.74, 6) is 0.801. The van der Waals surface area contributed by atoms with Crippen molar-refractivity contribution in [2.24, 2.45) is 11.8 Å². The molecule has 1 aromatic heterocycles. The Balaban J connectivity index is 0.000000431. The van der Waals surface area contributed by atoms with Crippen LogP contribution in [0, 0.1) is 18.8 Å². The molecule has 41 heavy (non-hydrogen) atoms. The number of piperidine rings is 1. The first kappa shape index (κ1) is 29.5. The van der Waals surface area contributed by atoms with Crippen LogP contribution in [-0.4, -0.2) is 58.7 Å². The number of rotatable bonds is 3. The maximum Gasteiger partial charge on any atom is 0.430 e. The highest BCUT2D eigenvalue weighted by Gasteiger charge is 2.61. The van der Waals surface area contributed by atoms with Gasteiger partial charge in [-0.25, -0.2) is 0 Å². The van der Waals surface area contributed by atoms with E-state index in [0.29, 0.717) is 23.8 Å². The number of nitrogens with one attached hydrogen (secondary N) is 1. The number of aromatic nitrogens is 3. The molecule has 4 atom stereocenters. The zero-order valence-corrected chi connectivity index (χ0v) is 23.7. The lowest BCUT2D eigenvalue weighted by atomic mass is 9.70. The maximum atomic E-state index is 14.4. The first-order valence-electron chi connectivity index (χ1n) is 15.0. The number of quaternary nitrogens is 1. The molecule has 3 fully saturated rings. The fourth-order valence-electron chi connectivity index (χ4n) is 7.90. The molecular formula is C30H41F3N5O3+. The van der Waals surface area contributed by atoms with E-state index >= 15 is 0 Å². The minimum absolute atomic E-state index is 0.0427. The molecule has 4 heterocycles. The topological polar surface area (TPSA) is 110 Å². The number of H-pyrrole nitrogens is 1. The number of alkyl halides is 3. The summed E-state index contributed by atoms with van der Waals surface area (Å²) in [6.07, 6.45) is 5.82. The Hall–Kier alpha value is -2.95. The lowest BCUT2D eigenvalue weighted by Gasteiger charge is -2.46. The van der Waals surface area contributed by atoms with Crippen molar-refractivity contribution >= 4 is 11.9 Å². The van der Waals surface area contributed by atoms with Crippen LogP contribution in [0.1, 0.15) is 80.9 Å². The van der Waals surface area contributed by atoms with Gasteiger partial charge in [0.2, 0.25) is 11.7 Å². The van der Waals surface area contributed by atoms with Gasteiger partial charge in [-0.15, -0.1) is 0 Å². The van der Waals surface area contributed by atoms with Crippen LogP contribution in [0.3, 0.4) is 0 Å². The van der Waals surface area contributed by atoms with E-state index in [1.807, 2.05) is 6.92 Å². The summed E-state index contributed by atoms with van der Waals surface area (Å²) in [4.78, 5) is 30.5. The van der Waals surface area contributed by atoms with Crippen LogP contribution in [0.25, 0.3) is 0 Å². The zero-order chi connectivity index (χ0) is 29.2. The number of benzene rings is 1. The molecule has 1 saturated carbocycles. The normalized spacial score (nSPS) is 28.6. The van der Waals surface area contributed by atoms with Crippen molar-refractivity contribution in [3.63, 3.8) is 0 Å². The monoisotopic (exact) mass is 576 g/mol. The summed E-state index contributed by atoms with van der Waals surface area (Å²) in [5, 5.41) is 14.6. The van der Waals surface area contributed by atoms with Gasteiger partial charge < -0.3 is 20.1 Å². The third-order valence-corrected chi connectivity index (χ3v) is 9.78. The summed E-state index contributed by atoms with van der Waals surface area (Å²) >= 11 is 0. The fraction of sp³-hybridized carbons (Fsp3) is 0.667. The van der Waals surface area contributed by atoms with Crippen LogP contribution in [0.5, 0.6) is 0 Å². The molecule has 1 aromatic carbocycles. The second-order valence-electron chi connectivity index (χ2n) is 12.2. The lowest BCUT2D eigenvalue weighted by molar-refractivity contribution is -0.768. The Morgan fingerprint density at radius 3 is 2.51 bits per heavy atom. The van der Waals surface area contributed by atoms with E-state index in [0.717, 1.165) is 63.5 Å². The molecule has 0 unspecified atom stereocenters. The van der Waals surface area contributed by atoms with Crippen LogP contribution in [0.15, 0.2) is 30.3 Å². The summed E-state index contributed by atoms with van der Waals surface area (Å²) in [6, 6.07) is 11.4. The SMILES string of the molecule is Cc1nc2[n+]([nH]1)CCC[C@]21C[NH2+]C[C@H]1C(=O)N1CC[C@@H](c2ccccc2)C[C@H]1C1CCCCC1.O=C([O-])C(F)(F)F. The van der Waals surface area contributed by atoms with E-state index in [1.165, 1.54) is 37.7 Å². The van der Waals surface area contributed by atoms with Gasteiger partial charge in [0, 0.05) is 19.5 Å². The van der Waals surface area contributed by atoms with E-state index in [-0.39, 0.29) is 11.3 Å². The van der Waals surface area contributed by atoms with Gasteiger partial charge in [-0.3, -0.25) is 4.79 Å². The standard InChI is InChI=1S/C28H39N5O.C2HF3O2/c1-20-30-27-28(14-8-15-33(27)31-20)19-29-18-24(28)26(34)32-16-13-23(21-9-4-2-5-10-21)17-25(32)22-11-6-3-7-12-22;3-2(4,5)1(6)7/h2,4-5,9-10,22-25,29H,3,6-8,11-19H2,1H3;(H,6,7)/p+1/t23-,24+,25+,28-;/m1./s1. The molecule has 1 aliphatic carbocycles. The predicted molar refractivity (Wildman–Crippen MR) is 141 cm³/mol. The quantitative estimate of drug-likeness (QED) is 0.544. The Kier molecular flexibility index (Phi) is 8.73. The number of carboxylic acids is 1. The number of amides is 1. The fourth-order valence-corrected chi connectivity index (χ4v) is 7.90. The minimum atomic E-state index is -5.19. The first-order chi connectivity index (χ1) is 19.6. The van der Waals surface area contributed by atoms with Crippen LogP contribution in [0.2, 0.25) is 0 Å². The highest BCUT2D eigenvalue weighted by molar-refractivity contribution is 5.81. The Labute approximate surface area is 238 Å². The third-order valence-electron chi connectivity index (χ3n) is 9.78. The van der Waals surface area contributed by atoms with Crippen molar-refractivity contribution in [3.05, 3.63) is 47.5 Å². The Morgan fingerprint density at radius 2 is 1.83 bits per heavy atom. The molecule has 3 N–H and O–H groups in total. The number of carbonyl (C=O) groups is 2. The number of aryl methyl sites for hydroxylation is 2. The molecule has 1 spiro atoms. The molecule has 4 aliphatic rings. The number of hydrogen-bond acceptors (Lipinski definition) is 4. The largest absolute Gasteiger partial charge is 0.542 e. The zero-order valence-electron chi connectivity index (χ0n) is 23.7. The first-order valence-corrected chi connectivity index (χ1v) is 15.0. The number of aromatic amines is 1. The van der Waals surface area contributed by atoms with Crippen molar-refractivity contribution in [3.8, 4) is 0 Å². The van der Waals surface area contributed by atoms with E-state index in [2.05, 4.69) is 50.3 Å². The number of carboxylic acid groups (broad SMARTS) is 1. The number of hydrogen-bond donors (Lipinski definition) is 2. The third kappa shape index (κ3) is 6.15. The van der Waals surface area contributed by atoms with Crippen molar-refractivity contribution in [1.82, 2.24) is 15.0 Å². The second kappa shape index (κ2) is 12.1. The van der Waals surface area contributed by atoms with Gasteiger partial charge in [-0.05, 0) is 60.9 Å². The van der Waals surface area contributed by atoms with Crippen molar-refractivity contribution in [1.29, 1.82) is 0 Å². The summed E-state index contributed by atoms with van der Waals surface area (Å²) < 4.78 is 33.8. The smallest absolute Gasteiger partial charge is 0.430 e. The molecule has 0 bridgehead atoms. The van der Waals surface area contributed by atoms with Gasteiger partial charge in [0.1, 0.15) is 23.8 Å². The van der Waals surface area contributed by atoms with Crippen LogP contribution in [-0.2, 0) is 21.5 Å². The molecule has 2 saturated heterocycles. The van der Waals surface area contributed by atoms with Gasteiger partial charge in [0.05, 0.1) is 13.1 Å². The number of carbonyl (C=O) groups excluding carboxylic acids is 2. The molecule has 1 amide bonds. The Bertz CT molecular complexity index is 1210. The van der Waals surface area contributed by atoms with E-state index in [1.54, 1.807) is 0 Å². The molecular weight excluding hydrogens is 535 g/mol. The maximum absolute atomic E-state index is 14.4. The van der Waals surface area contributed by atoms with Gasteiger partial charge in [0.25, 0.3) is 0 Å². The average molecular weight is 577 g/mol. The second-order valence-corrected chi connectivity index (χ2v) is 12.2. The Morgan fingerprint density at radius 1 is 1.12 bits per heavy atom. The van der Waals surface area contributed by atoms with Crippen molar-refractivity contribution < 1.29 is 37.9 Å². The van der Waals surface area contributed by atoms with E-state index in [9.17, 15) is 18.0 Å². The van der Waals surface area contributed by atoms with Crippen LogP contribution < -0.4 is 15.1 Å². The van der Waals surface area contributed by atoms with E-state index in [4.69, 9.17) is 14.9 Å². The van der Waals surface area contributed by atoms with Gasteiger partial charge >= 0.3 is 12.0 Å². The van der Waals surface area contributed by atoms with Crippen LogP contribution >= 0.6 is 0 Å². The molecule has 3 aliphatic heterocycles. The predicted octanol–water partition coefficient (Wildman–Crippen LogP) is 1.88. The molecule has 8 nitrogen and oxygen atoms in total. The number of aliphatic carboxylic acids is 1. The average Bonchev–Trinajstić information content (AvgIpc) is 3.57. The minimum Gasteiger partial charge on any atom is -0.542 e. The summed E-state index contributed by atoms with van der Waals surface area (Å²) in [5.41, 5.74) is 1.34. The molecule has 224 valence electrons. The summed E-state index contributed by atoms with van der Waals surface area (Å²) in [7, 11) is 0. The molecule has 2 aromatic rings. The number of nitrogens with two attached hydrogens (primary N) is 1. The summed E-state index contributed by atoms with van der Waals surface area (Å²) in [6.45, 7) is 5.84. The highest BCUT2D eigenvalue weighted by Crippen LogP contribution is 2.43. The molecule has 11 heteroatoms. The van der Waals surface area contributed by atoms with Gasteiger partial charge in [-0.2, -0.15) is 23.0 Å². The van der Waals surface area contributed by atoms with Crippen molar-refractivity contribution in [2.45, 2.75) is 94.8 Å². The van der Waals surface area contributed by atoms with Crippen molar-refractivity contribution in [2.75, 3.05) is 19.6 Å². The van der Waals surface area contributed by atoms with E-state index < -0.39 is 12.1 Å². The van der Waals surface area contributed by atoms with Gasteiger partial charge in [-0.1, -0.05) is 49.6 Å². The van der Waals surface area contributed by atoms with Gasteiger partial charge in [0.15, 0.2) is 0 Å². The highest BCUT2D eigenvalue weighted by atomic mass is 19.4. The molecule has 0 radical (unpaired) electrons. The number of halogens is 3. The lowest BCUT2D eigenvalue weighted by Crippen LogP contribution is -2.83. The number of fused-ring (bicyclic) bond motifs is 2. The number of likely N-dealkylation sites (tertiary alicyclic amines) is 1. The molecule has 6 rings (SSSR count).